The van der Waals surface area contributed by atoms with Crippen molar-refractivity contribution in [3.8, 4) is 0 Å². The second-order valence-electron chi connectivity index (χ2n) is 7.12. The van der Waals surface area contributed by atoms with Crippen molar-refractivity contribution in [1.82, 2.24) is 9.80 Å². The van der Waals surface area contributed by atoms with Crippen LogP contribution in [0.4, 0.5) is 0 Å². The highest BCUT2D eigenvalue weighted by Gasteiger charge is 2.47. The molecule has 2 saturated heterocycles. The number of rotatable bonds is 5. The van der Waals surface area contributed by atoms with Gasteiger partial charge in [0, 0.05) is 33.3 Å². The first-order valence-electron chi connectivity index (χ1n) is 8.69. The Kier molecular flexibility index (Phi) is 5.02. The number of ether oxygens (including phenoxy) is 1. The van der Waals surface area contributed by atoms with Gasteiger partial charge in [-0.05, 0) is 38.3 Å². The first-order valence-corrected chi connectivity index (χ1v) is 8.69. The third-order valence-corrected chi connectivity index (χ3v) is 5.31. The molecule has 126 valence electrons. The highest BCUT2D eigenvalue weighted by Crippen LogP contribution is 2.40. The molecule has 0 saturated carbocycles. The Labute approximate surface area is 139 Å². The molecule has 4 nitrogen and oxygen atoms in total. The fraction of sp³-hybridized carbons (Fsp3) is 0.632. The van der Waals surface area contributed by atoms with Crippen molar-refractivity contribution in [3.05, 3.63) is 35.4 Å². The number of nitrogens with zero attached hydrogens (tertiary/aromatic N) is 2. The lowest BCUT2D eigenvalue weighted by Crippen LogP contribution is -2.50. The van der Waals surface area contributed by atoms with Gasteiger partial charge < -0.3 is 9.64 Å². The van der Waals surface area contributed by atoms with E-state index in [0.29, 0.717) is 12.5 Å². The summed E-state index contributed by atoms with van der Waals surface area (Å²) >= 11 is 0. The number of carbonyl (C=O) groups is 1. The maximum absolute atomic E-state index is 13.0. The van der Waals surface area contributed by atoms with E-state index in [1.54, 1.807) is 7.11 Å². The van der Waals surface area contributed by atoms with E-state index in [1.165, 1.54) is 11.1 Å². The molecule has 1 amide bonds. The highest BCUT2D eigenvalue weighted by atomic mass is 16.5. The molecule has 1 unspecified atom stereocenters. The van der Waals surface area contributed by atoms with Crippen molar-refractivity contribution in [2.75, 3.05) is 39.9 Å². The number of methoxy groups -OCH3 is 1. The Morgan fingerprint density at radius 1 is 1.26 bits per heavy atom. The quantitative estimate of drug-likeness (QED) is 0.836. The molecule has 0 aliphatic carbocycles. The number of hydrogen-bond donors (Lipinski definition) is 0. The highest BCUT2D eigenvalue weighted by molar-refractivity contribution is 5.84. The Morgan fingerprint density at radius 3 is 2.91 bits per heavy atom. The second-order valence-corrected chi connectivity index (χ2v) is 7.12. The molecule has 0 aromatic heterocycles. The van der Waals surface area contributed by atoms with Crippen LogP contribution in [0.1, 0.15) is 30.4 Å². The van der Waals surface area contributed by atoms with Crippen molar-refractivity contribution < 1.29 is 9.53 Å². The van der Waals surface area contributed by atoms with Gasteiger partial charge in [-0.25, -0.2) is 0 Å². The molecule has 0 bridgehead atoms. The fourth-order valence-corrected chi connectivity index (χ4v) is 4.11. The van der Waals surface area contributed by atoms with Gasteiger partial charge in [0.15, 0.2) is 0 Å². The van der Waals surface area contributed by atoms with Crippen LogP contribution in [0.3, 0.4) is 0 Å². The summed E-state index contributed by atoms with van der Waals surface area (Å²) in [5.74, 6) is 0.354. The lowest BCUT2D eigenvalue weighted by molar-refractivity contribution is -0.146. The van der Waals surface area contributed by atoms with Crippen LogP contribution in [0.2, 0.25) is 0 Å². The molecule has 1 spiro atoms. The van der Waals surface area contributed by atoms with Crippen LogP contribution < -0.4 is 0 Å². The van der Waals surface area contributed by atoms with E-state index >= 15 is 0 Å². The van der Waals surface area contributed by atoms with Gasteiger partial charge in [-0.3, -0.25) is 9.69 Å². The Hall–Kier alpha value is -1.39. The Balaban J connectivity index is 1.64. The van der Waals surface area contributed by atoms with Crippen molar-refractivity contribution in [2.45, 2.75) is 32.7 Å². The molecular weight excluding hydrogens is 288 g/mol. The minimum atomic E-state index is -0.143. The summed E-state index contributed by atoms with van der Waals surface area (Å²) in [7, 11) is 1.70. The third-order valence-electron chi connectivity index (χ3n) is 5.31. The molecule has 4 heteroatoms. The first-order chi connectivity index (χ1) is 11.1. The van der Waals surface area contributed by atoms with Crippen LogP contribution >= 0.6 is 0 Å². The van der Waals surface area contributed by atoms with E-state index in [1.807, 2.05) is 4.90 Å². The summed E-state index contributed by atoms with van der Waals surface area (Å²) in [5.41, 5.74) is 2.51. The molecule has 3 rings (SSSR count). The zero-order valence-electron chi connectivity index (χ0n) is 14.4. The molecule has 0 radical (unpaired) electrons. The van der Waals surface area contributed by atoms with Crippen LogP contribution in [0.5, 0.6) is 0 Å². The molecule has 23 heavy (non-hydrogen) atoms. The van der Waals surface area contributed by atoms with E-state index in [4.69, 9.17) is 4.74 Å². The minimum Gasteiger partial charge on any atom is -0.383 e. The summed E-state index contributed by atoms with van der Waals surface area (Å²) in [6.07, 6.45) is 3.16. The van der Waals surface area contributed by atoms with Gasteiger partial charge in [0.1, 0.15) is 0 Å². The lowest BCUT2D eigenvalue weighted by atomic mass is 9.78. The zero-order chi connectivity index (χ0) is 16.3. The summed E-state index contributed by atoms with van der Waals surface area (Å²) in [6, 6.07) is 8.69. The predicted octanol–water partition coefficient (Wildman–Crippen LogP) is 2.46. The third kappa shape index (κ3) is 3.59. The number of likely N-dealkylation sites (tertiary alicyclic amines) is 2. The number of aryl methyl sites for hydroxylation is 1. The van der Waals surface area contributed by atoms with Gasteiger partial charge in [0.2, 0.25) is 5.91 Å². The van der Waals surface area contributed by atoms with Gasteiger partial charge in [-0.2, -0.15) is 0 Å². The molecule has 1 aromatic carbocycles. The van der Waals surface area contributed by atoms with Gasteiger partial charge in [0.05, 0.1) is 12.0 Å². The first kappa shape index (κ1) is 16.5. The second kappa shape index (κ2) is 7.02. The number of amides is 1. The van der Waals surface area contributed by atoms with Crippen molar-refractivity contribution in [2.24, 2.45) is 5.41 Å². The number of piperidine rings is 1. The number of benzene rings is 1. The average molecular weight is 316 g/mol. The number of carbonyl (C=O) groups excluding carboxylic acids is 1. The summed E-state index contributed by atoms with van der Waals surface area (Å²) in [4.78, 5) is 17.4. The standard InChI is InChI=1S/C19H28N2O2/c1-16-5-3-6-17(13-16)14-20-10-8-19(15-20)7-4-9-21(18(19)22)11-12-23-2/h3,5-6,13H,4,7-12,14-15H2,1-2H3. The monoisotopic (exact) mass is 316 g/mol. The Morgan fingerprint density at radius 2 is 2.13 bits per heavy atom. The van der Waals surface area contributed by atoms with Gasteiger partial charge in [-0.1, -0.05) is 29.8 Å². The van der Waals surface area contributed by atoms with E-state index in [-0.39, 0.29) is 5.41 Å². The maximum atomic E-state index is 13.0. The van der Waals surface area contributed by atoms with Gasteiger partial charge in [0.25, 0.3) is 0 Å². The van der Waals surface area contributed by atoms with E-state index in [9.17, 15) is 4.79 Å². The smallest absolute Gasteiger partial charge is 0.230 e. The van der Waals surface area contributed by atoms with Crippen molar-refractivity contribution in [3.63, 3.8) is 0 Å². The van der Waals surface area contributed by atoms with Crippen LogP contribution in [0.25, 0.3) is 0 Å². The zero-order valence-corrected chi connectivity index (χ0v) is 14.4. The van der Waals surface area contributed by atoms with Gasteiger partial charge >= 0.3 is 0 Å². The average Bonchev–Trinajstić information content (AvgIpc) is 2.93. The topological polar surface area (TPSA) is 32.8 Å². The fourth-order valence-electron chi connectivity index (χ4n) is 4.11. The molecule has 2 aliphatic rings. The maximum Gasteiger partial charge on any atom is 0.230 e. The van der Waals surface area contributed by atoms with Crippen LogP contribution in [-0.2, 0) is 16.1 Å². The minimum absolute atomic E-state index is 0.143. The molecule has 0 N–H and O–H groups in total. The van der Waals surface area contributed by atoms with Crippen LogP contribution in [0.15, 0.2) is 24.3 Å². The lowest BCUT2D eigenvalue weighted by Gasteiger charge is -2.39. The van der Waals surface area contributed by atoms with Crippen LogP contribution in [-0.4, -0.2) is 55.6 Å². The SMILES string of the molecule is COCCN1CCCC2(CCN(Cc3cccc(C)c3)C2)C1=O. The molecule has 2 fully saturated rings. The van der Waals surface area contributed by atoms with E-state index < -0.39 is 0 Å². The molecule has 2 aliphatic heterocycles. The van der Waals surface area contributed by atoms with Crippen molar-refractivity contribution >= 4 is 5.91 Å². The number of hydrogen-bond acceptors (Lipinski definition) is 3. The van der Waals surface area contributed by atoms with E-state index in [2.05, 4.69) is 36.1 Å². The molecule has 1 aromatic rings. The predicted molar refractivity (Wildman–Crippen MR) is 91.2 cm³/mol. The summed E-state index contributed by atoms with van der Waals surface area (Å²) < 4.78 is 5.15. The molecule has 2 heterocycles. The molecule has 1 atom stereocenters. The molecular formula is C19H28N2O2. The largest absolute Gasteiger partial charge is 0.383 e. The van der Waals surface area contributed by atoms with Crippen molar-refractivity contribution in [1.29, 1.82) is 0 Å². The van der Waals surface area contributed by atoms with Gasteiger partial charge in [-0.15, -0.1) is 0 Å². The van der Waals surface area contributed by atoms with Crippen LogP contribution in [0, 0.1) is 12.3 Å². The normalized spacial score (nSPS) is 25.5. The van der Waals surface area contributed by atoms with E-state index in [0.717, 1.165) is 52.0 Å². The summed E-state index contributed by atoms with van der Waals surface area (Å²) in [5, 5.41) is 0. The summed E-state index contributed by atoms with van der Waals surface area (Å²) in [6.45, 7) is 7.27. The Bertz CT molecular complexity index is 560.